The first-order valence-electron chi connectivity index (χ1n) is 7.70. The summed E-state index contributed by atoms with van der Waals surface area (Å²) in [6.07, 6.45) is 1.82. The summed E-state index contributed by atoms with van der Waals surface area (Å²) in [5.74, 6) is 1.44. The minimum absolute atomic E-state index is 0. The fourth-order valence-electron chi connectivity index (χ4n) is 2.10. The Morgan fingerprint density at radius 1 is 1.29 bits per heavy atom. The number of hydrogen-bond donors (Lipinski definition) is 2. The summed E-state index contributed by atoms with van der Waals surface area (Å²) < 4.78 is 11.1. The molecular weight excluding hydrogens is 381 g/mol. The number of methoxy groups -OCH3 is 1. The van der Waals surface area contributed by atoms with Crippen LogP contribution >= 0.6 is 24.0 Å². The van der Waals surface area contributed by atoms with E-state index in [-0.39, 0.29) is 29.6 Å². The van der Waals surface area contributed by atoms with E-state index >= 15 is 0 Å². The van der Waals surface area contributed by atoms with Gasteiger partial charge >= 0.3 is 0 Å². The first-order valence-corrected chi connectivity index (χ1v) is 7.70. The van der Waals surface area contributed by atoms with Gasteiger partial charge in [0.2, 0.25) is 0 Å². The molecule has 0 aliphatic carbocycles. The molecule has 5 nitrogen and oxygen atoms in total. The molecule has 1 heterocycles. The average molecular weight is 413 g/mol. The lowest BCUT2D eigenvalue weighted by Crippen LogP contribution is -2.46. The molecule has 0 spiro atoms. The molecule has 1 rings (SSSR count). The van der Waals surface area contributed by atoms with Gasteiger partial charge in [-0.05, 0) is 19.8 Å². The first-order chi connectivity index (χ1) is 9.53. The third-order valence-electron chi connectivity index (χ3n) is 4.07. The standard InChI is InChI=1S/C15H31N3O2.HI/c1-6-16-14(18-13(4)12(2)3)17-11-15(19-5)7-9-20-10-8-15;/h12-13H,6-11H2,1-5H3,(H2,16,17,18);1H. The Labute approximate surface area is 146 Å². The second-order valence-electron chi connectivity index (χ2n) is 5.87. The molecule has 1 unspecified atom stereocenters. The van der Waals surface area contributed by atoms with Crippen LogP contribution in [0, 0.1) is 5.92 Å². The van der Waals surface area contributed by atoms with Crippen molar-refractivity contribution in [3.8, 4) is 0 Å². The number of ether oxygens (including phenoxy) is 2. The highest BCUT2D eigenvalue weighted by Gasteiger charge is 2.32. The van der Waals surface area contributed by atoms with E-state index in [1.807, 2.05) is 0 Å². The zero-order valence-corrected chi connectivity index (χ0v) is 16.4. The third-order valence-corrected chi connectivity index (χ3v) is 4.07. The molecule has 1 atom stereocenters. The van der Waals surface area contributed by atoms with Gasteiger partial charge in [-0.25, -0.2) is 0 Å². The largest absolute Gasteiger partial charge is 0.381 e. The van der Waals surface area contributed by atoms with Crippen LogP contribution in [-0.2, 0) is 9.47 Å². The molecule has 21 heavy (non-hydrogen) atoms. The zero-order valence-electron chi connectivity index (χ0n) is 14.1. The molecule has 0 saturated carbocycles. The fraction of sp³-hybridized carbons (Fsp3) is 0.933. The Hall–Kier alpha value is -0.0800. The molecule has 1 fully saturated rings. The van der Waals surface area contributed by atoms with Crippen molar-refractivity contribution >= 4 is 29.9 Å². The van der Waals surface area contributed by atoms with Crippen LogP contribution in [0.3, 0.4) is 0 Å². The second kappa shape index (κ2) is 10.6. The Balaban J connectivity index is 0.00000400. The monoisotopic (exact) mass is 413 g/mol. The number of rotatable bonds is 6. The van der Waals surface area contributed by atoms with Gasteiger partial charge in [0.15, 0.2) is 5.96 Å². The highest BCUT2D eigenvalue weighted by molar-refractivity contribution is 14.0. The molecule has 2 N–H and O–H groups in total. The van der Waals surface area contributed by atoms with Crippen molar-refractivity contribution in [1.29, 1.82) is 0 Å². The van der Waals surface area contributed by atoms with E-state index in [1.54, 1.807) is 7.11 Å². The van der Waals surface area contributed by atoms with Crippen LogP contribution in [0.4, 0.5) is 0 Å². The second-order valence-corrected chi connectivity index (χ2v) is 5.87. The molecule has 0 aromatic heterocycles. The molecule has 6 heteroatoms. The summed E-state index contributed by atoms with van der Waals surface area (Å²) in [5.41, 5.74) is -0.165. The molecule has 0 bridgehead atoms. The lowest BCUT2D eigenvalue weighted by atomic mass is 9.94. The summed E-state index contributed by atoms with van der Waals surface area (Å²) in [6.45, 7) is 11.7. The lowest BCUT2D eigenvalue weighted by Gasteiger charge is -2.34. The SMILES string of the molecule is CCNC(=NCC1(OC)CCOCC1)NC(C)C(C)C.I. The molecule has 0 aromatic rings. The van der Waals surface area contributed by atoms with Crippen LogP contribution in [0.1, 0.15) is 40.5 Å². The van der Waals surface area contributed by atoms with E-state index in [0.717, 1.165) is 38.6 Å². The van der Waals surface area contributed by atoms with E-state index in [4.69, 9.17) is 14.5 Å². The van der Waals surface area contributed by atoms with Crippen molar-refractivity contribution in [3.63, 3.8) is 0 Å². The maximum Gasteiger partial charge on any atom is 0.191 e. The lowest BCUT2D eigenvalue weighted by molar-refractivity contribution is -0.0828. The topological polar surface area (TPSA) is 54.9 Å². The number of nitrogens with zero attached hydrogens (tertiary/aromatic N) is 1. The predicted molar refractivity (Wildman–Crippen MR) is 98.6 cm³/mol. The van der Waals surface area contributed by atoms with E-state index in [2.05, 4.69) is 38.3 Å². The minimum atomic E-state index is -0.165. The minimum Gasteiger partial charge on any atom is -0.381 e. The van der Waals surface area contributed by atoms with Crippen molar-refractivity contribution in [2.45, 2.75) is 52.2 Å². The summed E-state index contributed by atoms with van der Waals surface area (Å²) in [5, 5.41) is 6.75. The molecule has 1 aliphatic heterocycles. The van der Waals surface area contributed by atoms with Gasteiger partial charge in [-0.15, -0.1) is 24.0 Å². The highest BCUT2D eigenvalue weighted by atomic mass is 127. The number of aliphatic imine (C=N–C) groups is 1. The van der Waals surface area contributed by atoms with Crippen LogP contribution in [0.15, 0.2) is 4.99 Å². The molecule has 0 aromatic carbocycles. The van der Waals surface area contributed by atoms with Gasteiger partial charge in [0, 0.05) is 45.8 Å². The number of guanidine groups is 1. The number of halogens is 1. The van der Waals surface area contributed by atoms with E-state index in [1.165, 1.54) is 0 Å². The van der Waals surface area contributed by atoms with Crippen LogP contribution in [-0.4, -0.2) is 51.0 Å². The van der Waals surface area contributed by atoms with Gasteiger partial charge in [0.05, 0.1) is 12.1 Å². The van der Waals surface area contributed by atoms with Crippen LogP contribution in [0.5, 0.6) is 0 Å². The molecular formula is C15H32IN3O2. The van der Waals surface area contributed by atoms with Crippen molar-refractivity contribution in [3.05, 3.63) is 0 Å². The van der Waals surface area contributed by atoms with E-state index < -0.39 is 0 Å². The maximum absolute atomic E-state index is 5.72. The molecule has 0 amide bonds. The van der Waals surface area contributed by atoms with Gasteiger partial charge in [0.1, 0.15) is 0 Å². The number of nitrogens with one attached hydrogen (secondary N) is 2. The summed E-state index contributed by atoms with van der Waals surface area (Å²) in [4.78, 5) is 4.72. The van der Waals surface area contributed by atoms with Crippen molar-refractivity contribution in [1.82, 2.24) is 10.6 Å². The van der Waals surface area contributed by atoms with Crippen molar-refractivity contribution in [2.75, 3.05) is 33.4 Å². The Morgan fingerprint density at radius 2 is 1.90 bits per heavy atom. The van der Waals surface area contributed by atoms with Crippen LogP contribution in [0.25, 0.3) is 0 Å². The third kappa shape index (κ3) is 7.15. The Bertz CT molecular complexity index is 305. The smallest absolute Gasteiger partial charge is 0.191 e. The summed E-state index contributed by atoms with van der Waals surface area (Å²) in [7, 11) is 1.78. The maximum atomic E-state index is 5.72. The van der Waals surface area contributed by atoms with Crippen LogP contribution in [0.2, 0.25) is 0 Å². The molecule has 0 radical (unpaired) electrons. The number of hydrogen-bond acceptors (Lipinski definition) is 3. The summed E-state index contributed by atoms with van der Waals surface area (Å²) >= 11 is 0. The normalized spacial score (nSPS) is 19.8. The molecule has 1 saturated heterocycles. The highest BCUT2D eigenvalue weighted by Crippen LogP contribution is 2.24. The average Bonchev–Trinajstić information content (AvgIpc) is 2.46. The van der Waals surface area contributed by atoms with Crippen molar-refractivity contribution in [2.24, 2.45) is 10.9 Å². The molecule has 126 valence electrons. The fourth-order valence-corrected chi connectivity index (χ4v) is 2.10. The predicted octanol–water partition coefficient (Wildman–Crippen LogP) is 2.40. The van der Waals surface area contributed by atoms with Gasteiger partial charge in [-0.3, -0.25) is 4.99 Å². The van der Waals surface area contributed by atoms with Gasteiger partial charge in [-0.2, -0.15) is 0 Å². The van der Waals surface area contributed by atoms with E-state index in [9.17, 15) is 0 Å². The van der Waals surface area contributed by atoms with Gasteiger partial charge in [0.25, 0.3) is 0 Å². The zero-order chi connectivity index (χ0) is 15.0. The van der Waals surface area contributed by atoms with E-state index in [0.29, 0.717) is 18.5 Å². The summed E-state index contributed by atoms with van der Waals surface area (Å²) in [6, 6.07) is 0.390. The Morgan fingerprint density at radius 3 is 2.38 bits per heavy atom. The van der Waals surface area contributed by atoms with Crippen molar-refractivity contribution < 1.29 is 9.47 Å². The quantitative estimate of drug-likeness (QED) is 0.399. The Kier molecular flexibility index (Phi) is 10.6. The first kappa shape index (κ1) is 20.9. The van der Waals surface area contributed by atoms with Crippen LogP contribution < -0.4 is 10.6 Å². The van der Waals surface area contributed by atoms with Gasteiger partial charge < -0.3 is 20.1 Å². The molecule has 1 aliphatic rings. The van der Waals surface area contributed by atoms with Gasteiger partial charge in [-0.1, -0.05) is 13.8 Å².